The fourth-order valence-electron chi connectivity index (χ4n) is 2.47. The second kappa shape index (κ2) is 9.44. The molecule has 0 atom stereocenters. The average Bonchev–Trinajstić information content (AvgIpc) is 2.34. The molecule has 1 rings (SSSR count). The van der Waals surface area contributed by atoms with Crippen LogP contribution < -0.4 is 0 Å². The van der Waals surface area contributed by atoms with Crippen molar-refractivity contribution in [1.29, 1.82) is 0 Å². The summed E-state index contributed by atoms with van der Waals surface area (Å²) < 4.78 is 0. The van der Waals surface area contributed by atoms with Crippen molar-refractivity contribution in [3.63, 3.8) is 0 Å². The highest BCUT2D eigenvalue weighted by atomic mass is 16.1. The first-order valence-corrected chi connectivity index (χ1v) is 7.50. The summed E-state index contributed by atoms with van der Waals surface area (Å²) in [5, 5.41) is 0. The van der Waals surface area contributed by atoms with Crippen molar-refractivity contribution in [1.82, 2.24) is 0 Å². The SMILES string of the molecule is C/C1=C\CCCCCCCCCCCCC1=O. The zero-order chi connectivity index (χ0) is 12.3. The molecule has 0 heterocycles. The second-order valence-electron chi connectivity index (χ2n) is 5.38. The minimum Gasteiger partial charge on any atom is -0.295 e. The van der Waals surface area contributed by atoms with Gasteiger partial charge in [0.25, 0.3) is 0 Å². The molecule has 17 heavy (non-hydrogen) atoms. The molecule has 0 N–H and O–H groups in total. The summed E-state index contributed by atoms with van der Waals surface area (Å²) in [6.07, 6.45) is 17.2. The van der Waals surface area contributed by atoms with Crippen LogP contribution in [0.5, 0.6) is 0 Å². The number of rotatable bonds is 0. The third-order valence-corrected chi connectivity index (χ3v) is 3.75. The van der Waals surface area contributed by atoms with E-state index in [1.165, 1.54) is 57.8 Å². The summed E-state index contributed by atoms with van der Waals surface area (Å²) in [5.41, 5.74) is 1.000. The predicted molar refractivity (Wildman–Crippen MR) is 74.2 cm³/mol. The number of allylic oxidation sites excluding steroid dienone is 2. The second-order valence-corrected chi connectivity index (χ2v) is 5.38. The average molecular weight is 236 g/mol. The lowest BCUT2D eigenvalue weighted by molar-refractivity contribution is -0.115. The van der Waals surface area contributed by atoms with Gasteiger partial charge in [-0.25, -0.2) is 0 Å². The van der Waals surface area contributed by atoms with Crippen LogP contribution in [0, 0.1) is 0 Å². The van der Waals surface area contributed by atoms with Crippen molar-refractivity contribution in [2.24, 2.45) is 0 Å². The molecule has 0 saturated carbocycles. The highest BCUT2D eigenvalue weighted by molar-refractivity contribution is 5.94. The maximum atomic E-state index is 11.8. The summed E-state index contributed by atoms with van der Waals surface area (Å²) in [7, 11) is 0. The lowest BCUT2D eigenvalue weighted by Gasteiger charge is -2.02. The van der Waals surface area contributed by atoms with Gasteiger partial charge < -0.3 is 0 Å². The number of ketones is 1. The van der Waals surface area contributed by atoms with Crippen LogP contribution in [0.3, 0.4) is 0 Å². The summed E-state index contributed by atoms with van der Waals surface area (Å²) in [6.45, 7) is 1.99. The van der Waals surface area contributed by atoms with Crippen molar-refractivity contribution in [3.8, 4) is 0 Å². The van der Waals surface area contributed by atoms with E-state index in [4.69, 9.17) is 0 Å². The Kier molecular flexibility index (Phi) is 8.04. The number of Topliss-reactive ketones (excluding diaryl/α,β-unsaturated/α-hetero) is 1. The Morgan fingerprint density at radius 2 is 1.24 bits per heavy atom. The number of hydrogen-bond donors (Lipinski definition) is 0. The van der Waals surface area contributed by atoms with Gasteiger partial charge in [-0.1, -0.05) is 57.4 Å². The first-order valence-electron chi connectivity index (χ1n) is 7.50. The molecule has 0 saturated heterocycles. The van der Waals surface area contributed by atoms with E-state index in [0.29, 0.717) is 5.78 Å². The molecule has 0 aromatic heterocycles. The first kappa shape index (κ1) is 14.5. The molecule has 0 radical (unpaired) electrons. The lowest BCUT2D eigenvalue weighted by Crippen LogP contribution is -1.99. The molecule has 0 fully saturated rings. The van der Waals surface area contributed by atoms with Crippen LogP contribution in [-0.2, 0) is 4.79 Å². The van der Waals surface area contributed by atoms with Crippen LogP contribution in [0.25, 0.3) is 0 Å². The van der Waals surface area contributed by atoms with Crippen LogP contribution in [-0.4, -0.2) is 5.78 Å². The molecule has 1 nitrogen and oxygen atoms in total. The molecule has 0 aromatic rings. The molecule has 0 amide bonds. The Bertz CT molecular complexity index is 240. The fraction of sp³-hybridized carbons (Fsp3) is 0.812. The van der Waals surface area contributed by atoms with E-state index in [1.807, 2.05) is 6.92 Å². The van der Waals surface area contributed by atoms with E-state index in [1.54, 1.807) is 0 Å². The minimum atomic E-state index is 0.375. The number of carbonyl (C=O) groups is 1. The van der Waals surface area contributed by atoms with Gasteiger partial charge in [0.15, 0.2) is 5.78 Å². The Morgan fingerprint density at radius 1 is 0.765 bits per heavy atom. The topological polar surface area (TPSA) is 17.1 Å². The standard InChI is InChI=1S/C16H28O/c1-15-13-11-9-7-5-3-2-4-6-8-10-12-14-16(15)17/h13H,2-12,14H2,1H3/b15-13+. The molecule has 1 aliphatic rings. The maximum Gasteiger partial charge on any atom is 0.158 e. The van der Waals surface area contributed by atoms with Gasteiger partial charge in [0.05, 0.1) is 0 Å². The van der Waals surface area contributed by atoms with Crippen LogP contribution in [0.2, 0.25) is 0 Å². The smallest absolute Gasteiger partial charge is 0.158 e. The van der Waals surface area contributed by atoms with E-state index < -0.39 is 0 Å². The van der Waals surface area contributed by atoms with Gasteiger partial charge in [-0.2, -0.15) is 0 Å². The molecule has 0 aliphatic heterocycles. The highest BCUT2D eigenvalue weighted by Crippen LogP contribution is 2.14. The number of carbonyl (C=O) groups excluding carboxylic acids is 1. The first-order chi connectivity index (χ1) is 8.30. The Hall–Kier alpha value is -0.590. The Balaban J connectivity index is 2.33. The molecular formula is C16H28O. The van der Waals surface area contributed by atoms with Crippen molar-refractivity contribution in [2.75, 3.05) is 0 Å². The fourth-order valence-corrected chi connectivity index (χ4v) is 2.47. The third-order valence-electron chi connectivity index (χ3n) is 3.75. The summed E-state index contributed by atoms with van der Waals surface area (Å²) >= 11 is 0. The number of hydrogen-bond acceptors (Lipinski definition) is 1. The zero-order valence-electron chi connectivity index (χ0n) is 11.5. The molecular weight excluding hydrogens is 208 g/mol. The minimum absolute atomic E-state index is 0.375. The molecule has 1 heteroatoms. The summed E-state index contributed by atoms with van der Waals surface area (Å²) in [5.74, 6) is 0.375. The quantitative estimate of drug-likeness (QED) is 0.565. The lowest BCUT2D eigenvalue weighted by atomic mass is 10.0. The van der Waals surface area contributed by atoms with E-state index in [2.05, 4.69) is 6.08 Å². The molecule has 1 aliphatic carbocycles. The molecule has 0 bridgehead atoms. The Morgan fingerprint density at radius 3 is 1.82 bits per heavy atom. The van der Waals surface area contributed by atoms with Crippen molar-refractivity contribution in [2.45, 2.75) is 84.0 Å². The van der Waals surface area contributed by atoms with Crippen LogP contribution in [0.15, 0.2) is 11.6 Å². The van der Waals surface area contributed by atoms with Crippen LogP contribution in [0.1, 0.15) is 84.0 Å². The van der Waals surface area contributed by atoms with Gasteiger partial charge in [0.1, 0.15) is 0 Å². The summed E-state index contributed by atoms with van der Waals surface area (Å²) in [6, 6.07) is 0. The highest BCUT2D eigenvalue weighted by Gasteiger charge is 2.04. The van der Waals surface area contributed by atoms with Crippen LogP contribution >= 0.6 is 0 Å². The maximum absolute atomic E-state index is 11.8. The molecule has 0 spiro atoms. The van der Waals surface area contributed by atoms with E-state index in [-0.39, 0.29) is 0 Å². The largest absolute Gasteiger partial charge is 0.295 e. The third kappa shape index (κ3) is 7.36. The van der Waals surface area contributed by atoms with E-state index >= 15 is 0 Å². The van der Waals surface area contributed by atoms with Gasteiger partial charge in [-0.05, 0) is 31.8 Å². The Labute approximate surface area is 107 Å². The normalized spacial score (nSPS) is 25.5. The van der Waals surface area contributed by atoms with Crippen molar-refractivity contribution < 1.29 is 4.79 Å². The van der Waals surface area contributed by atoms with Crippen molar-refractivity contribution in [3.05, 3.63) is 11.6 Å². The van der Waals surface area contributed by atoms with E-state index in [0.717, 1.165) is 24.8 Å². The summed E-state index contributed by atoms with van der Waals surface area (Å²) in [4.78, 5) is 11.8. The molecule has 0 aromatic carbocycles. The predicted octanol–water partition coefficient (Wildman–Crippen LogP) is 5.20. The van der Waals surface area contributed by atoms with Gasteiger partial charge >= 0.3 is 0 Å². The van der Waals surface area contributed by atoms with Gasteiger partial charge in [-0.15, -0.1) is 0 Å². The molecule has 0 unspecified atom stereocenters. The van der Waals surface area contributed by atoms with Gasteiger partial charge in [-0.3, -0.25) is 4.79 Å². The monoisotopic (exact) mass is 236 g/mol. The van der Waals surface area contributed by atoms with E-state index in [9.17, 15) is 4.79 Å². The zero-order valence-corrected chi connectivity index (χ0v) is 11.5. The molecule has 98 valence electrons. The van der Waals surface area contributed by atoms with Gasteiger partial charge in [0, 0.05) is 6.42 Å². The van der Waals surface area contributed by atoms with Crippen molar-refractivity contribution >= 4 is 5.78 Å². The van der Waals surface area contributed by atoms with Gasteiger partial charge in [0.2, 0.25) is 0 Å². The van der Waals surface area contributed by atoms with Crippen LogP contribution in [0.4, 0.5) is 0 Å².